The summed E-state index contributed by atoms with van der Waals surface area (Å²) in [4.78, 5) is 14.1. The van der Waals surface area contributed by atoms with Gasteiger partial charge >= 0.3 is 0 Å². The van der Waals surface area contributed by atoms with Crippen LogP contribution in [-0.2, 0) is 4.74 Å². The summed E-state index contributed by atoms with van der Waals surface area (Å²) in [6.45, 7) is 3.45. The smallest absolute Gasteiger partial charge is 0.254 e. The molecule has 0 bridgehead atoms. The van der Waals surface area contributed by atoms with E-state index < -0.39 is 5.60 Å². The van der Waals surface area contributed by atoms with Crippen molar-refractivity contribution in [3.05, 3.63) is 32.9 Å². The topological polar surface area (TPSA) is 49.8 Å². The van der Waals surface area contributed by atoms with Crippen LogP contribution in [0.2, 0.25) is 0 Å². The highest BCUT2D eigenvalue weighted by Gasteiger charge is 2.32. The van der Waals surface area contributed by atoms with Gasteiger partial charge in [-0.1, -0.05) is 12.1 Å². The van der Waals surface area contributed by atoms with Gasteiger partial charge in [0.15, 0.2) is 0 Å². The Bertz CT molecular complexity index is 498. The van der Waals surface area contributed by atoms with Gasteiger partial charge in [-0.15, -0.1) is 0 Å². The summed E-state index contributed by atoms with van der Waals surface area (Å²) in [5.41, 5.74) is 0.969. The van der Waals surface area contributed by atoms with Crippen molar-refractivity contribution in [2.75, 3.05) is 26.8 Å². The van der Waals surface area contributed by atoms with Crippen LogP contribution in [0.3, 0.4) is 0 Å². The molecule has 0 spiro atoms. The van der Waals surface area contributed by atoms with E-state index in [4.69, 9.17) is 4.74 Å². The van der Waals surface area contributed by atoms with Gasteiger partial charge in [-0.25, -0.2) is 0 Å². The van der Waals surface area contributed by atoms with Gasteiger partial charge in [-0.05, 0) is 41.1 Å². The summed E-state index contributed by atoms with van der Waals surface area (Å²) in [6, 6.07) is 5.72. The maximum atomic E-state index is 12.5. The molecule has 1 aromatic carbocycles. The molecule has 0 atom stereocenters. The van der Waals surface area contributed by atoms with Crippen LogP contribution in [0.25, 0.3) is 0 Å². The van der Waals surface area contributed by atoms with Crippen LogP contribution >= 0.6 is 22.6 Å². The van der Waals surface area contributed by atoms with Gasteiger partial charge in [0.25, 0.3) is 5.91 Å². The van der Waals surface area contributed by atoms with Crippen molar-refractivity contribution >= 4 is 28.5 Å². The molecule has 1 heterocycles. The number of amides is 1. The van der Waals surface area contributed by atoms with Crippen molar-refractivity contribution in [1.29, 1.82) is 0 Å². The minimum absolute atomic E-state index is 0.0435. The zero-order valence-electron chi connectivity index (χ0n) is 11.9. The molecule has 0 radical (unpaired) electrons. The SMILES string of the molecule is Cc1cccc(C(=O)N(C)CC2(O)CCOCC2)c1I. The molecule has 1 aliphatic rings. The van der Waals surface area contributed by atoms with E-state index in [0.717, 1.165) is 9.13 Å². The van der Waals surface area contributed by atoms with E-state index in [2.05, 4.69) is 22.6 Å². The average molecular weight is 389 g/mol. The van der Waals surface area contributed by atoms with Crippen LogP contribution in [0.1, 0.15) is 28.8 Å². The summed E-state index contributed by atoms with van der Waals surface area (Å²) < 4.78 is 6.23. The van der Waals surface area contributed by atoms with E-state index in [9.17, 15) is 9.90 Å². The molecule has 110 valence electrons. The third kappa shape index (κ3) is 3.51. The normalized spacial score (nSPS) is 17.8. The van der Waals surface area contributed by atoms with Gasteiger partial charge in [0.05, 0.1) is 11.2 Å². The lowest BCUT2D eigenvalue weighted by Gasteiger charge is -2.35. The third-order valence-electron chi connectivity index (χ3n) is 3.72. The molecule has 2 rings (SSSR count). The Hall–Kier alpha value is -0.660. The van der Waals surface area contributed by atoms with E-state index in [1.165, 1.54) is 0 Å². The van der Waals surface area contributed by atoms with Gasteiger partial charge in [0.2, 0.25) is 0 Å². The fourth-order valence-electron chi connectivity index (χ4n) is 2.44. The first kappa shape index (κ1) is 15.7. The number of rotatable bonds is 3. The van der Waals surface area contributed by atoms with Crippen molar-refractivity contribution in [3.8, 4) is 0 Å². The predicted octanol–water partition coefficient (Wildman–Crippen LogP) is 2.21. The Balaban J connectivity index is 2.10. The number of aliphatic hydroxyl groups is 1. The molecule has 1 aliphatic heterocycles. The zero-order chi connectivity index (χ0) is 14.8. The quantitative estimate of drug-likeness (QED) is 0.807. The molecule has 1 fully saturated rings. The maximum absolute atomic E-state index is 12.5. The number of carbonyl (C=O) groups excluding carboxylic acids is 1. The van der Waals surface area contributed by atoms with Gasteiger partial charge in [0.1, 0.15) is 0 Å². The van der Waals surface area contributed by atoms with Crippen molar-refractivity contribution in [2.24, 2.45) is 0 Å². The van der Waals surface area contributed by atoms with Crippen LogP contribution in [0.5, 0.6) is 0 Å². The van der Waals surface area contributed by atoms with Crippen LogP contribution in [0.15, 0.2) is 18.2 Å². The number of nitrogens with zero attached hydrogens (tertiary/aromatic N) is 1. The molecule has 20 heavy (non-hydrogen) atoms. The van der Waals surface area contributed by atoms with Crippen LogP contribution in [0.4, 0.5) is 0 Å². The first-order valence-corrected chi connectivity index (χ1v) is 7.81. The second-order valence-corrected chi connectivity index (χ2v) is 6.51. The summed E-state index contributed by atoms with van der Waals surface area (Å²) in [6.07, 6.45) is 1.16. The Labute approximate surface area is 133 Å². The minimum atomic E-state index is -0.822. The highest BCUT2D eigenvalue weighted by molar-refractivity contribution is 14.1. The number of benzene rings is 1. The Kier molecular flexibility index (Phi) is 5.04. The highest BCUT2D eigenvalue weighted by atomic mass is 127. The summed E-state index contributed by atoms with van der Waals surface area (Å²) in [5, 5.41) is 10.5. The second-order valence-electron chi connectivity index (χ2n) is 5.43. The van der Waals surface area contributed by atoms with Crippen molar-refractivity contribution in [2.45, 2.75) is 25.4 Å². The summed E-state index contributed by atoms with van der Waals surface area (Å²) >= 11 is 2.20. The molecular weight excluding hydrogens is 369 g/mol. The van der Waals surface area contributed by atoms with Crippen molar-refractivity contribution in [1.82, 2.24) is 4.90 Å². The first-order chi connectivity index (χ1) is 9.43. The van der Waals surface area contributed by atoms with E-state index in [-0.39, 0.29) is 5.91 Å². The van der Waals surface area contributed by atoms with E-state index in [0.29, 0.717) is 38.2 Å². The fraction of sp³-hybridized carbons (Fsp3) is 0.533. The fourth-order valence-corrected chi connectivity index (χ4v) is 3.03. The number of hydrogen-bond donors (Lipinski definition) is 1. The molecule has 4 nitrogen and oxygen atoms in total. The molecule has 0 aliphatic carbocycles. The van der Waals surface area contributed by atoms with Crippen LogP contribution in [0, 0.1) is 10.5 Å². The lowest BCUT2D eigenvalue weighted by atomic mass is 9.93. The number of carbonyl (C=O) groups is 1. The Morgan fingerprint density at radius 2 is 2.10 bits per heavy atom. The number of halogens is 1. The van der Waals surface area contributed by atoms with Crippen LogP contribution in [-0.4, -0.2) is 48.3 Å². The number of likely N-dealkylation sites (N-methyl/N-ethyl adjacent to an activating group) is 1. The molecular formula is C15H20INO3. The highest BCUT2D eigenvalue weighted by Crippen LogP contribution is 2.23. The molecule has 0 saturated carbocycles. The van der Waals surface area contributed by atoms with Crippen LogP contribution < -0.4 is 0 Å². The minimum Gasteiger partial charge on any atom is -0.388 e. The largest absolute Gasteiger partial charge is 0.388 e. The first-order valence-electron chi connectivity index (χ1n) is 6.74. The average Bonchev–Trinajstić information content (AvgIpc) is 2.41. The molecule has 5 heteroatoms. The predicted molar refractivity (Wildman–Crippen MR) is 85.9 cm³/mol. The number of hydrogen-bond acceptors (Lipinski definition) is 3. The summed E-state index contributed by atoms with van der Waals surface area (Å²) in [7, 11) is 1.74. The zero-order valence-corrected chi connectivity index (χ0v) is 14.0. The van der Waals surface area contributed by atoms with Gasteiger partial charge < -0.3 is 14.7 Å². The lowest BCUT2D eigenvalue weighted by Crippen LogP contribution is -2.47. The standard InChI is InChI=1S/C15H20INO3/c1-11-4-3-5-12(13(11)16)14(18)17(2)10-15(19)6-8-20-9-7-15/h3-5,19H,6-10H2,1-2H3. The van der Waals surface area contributed by atoms with E-state index >= 15 is 0 Å². The molecule has 1 N–H and O–H groups in total. The molecule has 0 unspecified atom stereocenters. The second kappa shape index (κ2) is 6.41. The monoisotopic (exact) mass is 389 g/mol. The maximum Gasteiger partial charge on any atom is 0.254 e. The van der Waals surface area contributed by atoms with E-state index in [1.54, 1.807) is 11.9 Å². The Morgan fingerprint density at radius 1 is 1.45 bits per heavy atom. The van der Waals surface area contributed by atoms with Gasteiger partial charge in [0, 0.05) is 43.2 Å². The summed E-state index contributed by atoms with van der Waals surface area (Å²) in [5.74, 6) is -0.0435. The number of ether oxygens (including phenoxy) is 1. The molecule has 1 aromatic rings. The van der Waals surface area contributed by atoms with Gasteiger partial charge in [-0.2, -0.15) is 0 Å². The van der Waals surface area contributed by atoms with Crippen molar-refractivity contribution in [3.63, 3.8) is 0 Å². The molecule has 1 amide bonds. The Morgan fingerprint density at radius 3 is 2.75 bits per heavy atom. The molecule has 0 aromatic heterocycles. The lowest BCUT2D eigenvalue weighted by molar-refractivity contribution is -0.0734. The van der Waals surface area contributed by atoms with Gasteiger partial charge in [-0.3, -0.25) is 4.79 Å². The van der Waals surface area contributed by atoms with E-state index in [1.807, 2.05) is 25.1 Å². The third-order valence-corrected chi connectivity index (χ3v) is 5.16. The van der Waals surface area contributed by atoms with Crippen molar-refractivity contribution < 1.29 is 14.6 Å². The molecule has 1 saturated heterocycles. The number of aryl methyl sites for hydroxylation is 1.